The van der Waals surface area contributed by atoms with E-state index in [2.05, 4.69) is 5.32 Å². The molecule has 12 heteroatoms. The molecule has 0 radical (unpaired) electrons. The summed E-state index contributed by atoms with van der Waals surface area (Å²) < 4.78 is 94.6. The summed E-state index contributed by atoms with van der Waals surface area (Å²) >= 11 is 0. The molecule has 1 unspecified atom stereocenters. The topological polar surface area (TPSA) is 52.7 Å². The Morgan fingerprint density at radius 2 is 1.43 bits per heavy atom. The van der Waals surface area contributed by atoms with Gasteiger partial charge in [-0.05, 0) is 68.1 Å². The quantitative estimate of drug-likeness (QED) is 0.455. The van der Waals surface area contributed by atoms with Gasteiger partial charge in [-0.1, -0.05) is 12.1 Å². The lowest BCUT2D eigenvalue weighted by Crippen LogP contribution is -2.49. The molecule has 2 aromatic carbocycles. The van der Waals surface area contributed by atoms with E-state index < -0.39 is 58.1 Å². The first-order chi connectivity index (χ1) is 18.5. The smallest absolute Gasteiger partial charge is 0.340 e. The highest BCUT2D eigenvalue weighted by Gasteiger charge is 2.45. The molecule has 0 aromatic heterocycles. The molecule has 1 aliphatic carbocycles. The molecular formula is C28H30F7N3O2. The average Bonchev–Trinajstić information content (AvgIpc) is 3.61. The summed E-state index contributed by atoms with van der Waals surface area (Å²) in [6.07, 6.45) is -8.16. The first kappa shape index (κ1) is 29.8. The van der Waals surface area contributed by atoms with Crippen LogP contribution in [0, 0.1) is 5.82 Å². The van der Waals surface area contributed by atoms with Crippen LogP contribution >= 0.6 is 0 Å². The molecule has 2 aromatic rings. The van der Waals surface area contributed by atoms with Gasteiger partial charge in [0, 0.05) is 32.1 Å². The van der Waals surface area contributed by atoms with Crippen LogP contribution in [0.5, 0.6) is 0 Å². The molecule has 40 heavy (non-hydrogen) atoms. The van der Waals surface area contributed by atoms with Crippen molar-refractivity contribution in [2.75, 3.05) is 26.7 Å². The molecule has 2 aliphatic rings. The molecule has 2 amide bonds. The number of nitrogens with one attached hydrogen (secondary N) is 1. The maximum atomic E-state index is 13.8. The second kappa shape index (κ2) is 10.7. The van der Waals surface area contributed by atoms with E-state index in [1.54, 1.807) is 4.90 Å². The number of hydrogen-bond acceptors (Lipinski definition) is 3. The minimum absolute atomic E-state index is 0.0223. The second-order valence-electron chi connectivity index (χ2n) is 11.0. The number of rotatable bonds is 7. The van der Waals surface area contributed by atoms with Crippen molar-refractivity contribution in [1.29, 1.82) is 0 Å². The van der Waals surface area contributed by atoms with E-state index in [9.17, 15) is 40.3 Å². The van der Waals surface area contributed by atoms with Crippen molar-refractivity contribution in [3.05, 3.63) is 70.5 Å². The normalized spacial score (nSPS) is 20.1. The van der Waals surface area contributed by atoms with Crippen molar-refractivity contribution in [2.45, 2.75) is 62.5 Å². The Kier molecular flexibility index (Phi) is 7.96. The van der Waals surface area contributed by atoms with Crippen LogP contribution in [0.2, 0.25) is 0 Å². The standard InChI is InChI=1S/C28H30F7N3O2/c1-26(2,17-10-18(27(30,31)32)12-19(11-17)28(33,34)35)25(40)37(3)23-15-38(24(39)13-36-21-8-9-21)14-22(23)16-4-6-20(29)7-5-16/h4-7,10-12,21-23,36H,8-9,13-15H2,1-3H3/t22?,23-/m1/s1. The first-order valence-electron chi connectivity index (χ1n) is 12.8. The summed E-state index contributed by atoms with van der Waals surface area (Å²) in [5, 5.41) is 3.14. The fourth-order valence-electron chi connectivity index (χ4n) is 5.08. The number of carbonyl (C=O) groups is 2. The molecule has 1 heterocycles. The molecule has 218 valence electrons. The number of amides is 2. The van der Waals surface area contributed by atoms with Crippen LogP contribution in [-0.4, -0.2) is 60.4 Å². The first-order valence-corrected chi connectivity index (χ1v) is 12.8. The molecule has 1 aliphatic heterocycles. The third-order valence-corrected chi connectivity index (χ3v) is 7.72. The Labute approximate surface area is 227 Å². The van der Waals surface area contributed by atoms with Gasteiger partial charge in [0.1, 0.15) is 5.82 Å². The lowest BCUT2D eigenvalue weighted by atomic mass is 9.80. The van der Waals surface area contributed by atoms with Gasteiger partial charge in [0.15, 0.2) is 0 Å². The van der Waals surface area contributed by atoms with Crippen molar-refractivity contribution in [3.8, 4) is 0 Å². The lowest BCUT2D eigenvalue weighted by molar-refractivity contribution is -0.144. The second-order valence-corrected chi connectivity index (χ2v) is 11.0. The Morgan fingerprint density at radius 3 is 1.93 bits per heavy atom. The molecule has 0 bridgehead atoms. The summed E-state index contributed by atoms with van der Waals surface area (Å²) in [5.41, 5.74) is -4.59. The number of hydrogen-bond donors (Lipinski definition) is 1. The van der Waals surface area contributed by atoms with Gasteiger partial charge in [-0.2, -0.15) is 26.3 Å². The number of likely N-dealkylation sites (tertiary alicyclic amines) is 1. The molecule has 0 spiro atoms. The van der Waals surface area contributed by atoms with Crippen LogP contribution in [0.15, 0.2) is 42.5 Å². The van der Waals surface area contributed by atoms with Crippen molar-refractivity contribution < 1.29 is 40.3 Å². The van der Waals surface area contributed by atoms with Crippen molar-refractivity contribution >= 4 is 11.8 Å². The van der Waals surface area contributed by atoms with Crippen LogP contribution in [0.1, 0.15) is 54.9 Å². The van der Waals surface area contributed by atoms with Crippen molar-refractivity contribution in [3.63, 3.8) is 0 Å². The predicted octanol–water partition coefficient (Wildman–Crippen LogP) is 5.35. The van der Waals surface area contributed by atoms with Crippen LogP contribution in [0.25, 0.3) is 0 Å². The highest BCUT2D eigenvalue weighted by molar-refractivity contribution is 5.88. The largest absolute Gasteiger partial charge is 0.416 e. The average molecular weight is 574 g/mol. The zero-order valence-electron chi connectivity index (χ0n) is 22.2. The third kappa shape index (κ3) is 6.42. The highest BCUT2D eigenvalue weighted by Crippen LogP contribution is 2.40. The van der Waals surface area contributed by atoms with Crippen LogP contribution in [-0.2, 0) is 27.4 Å². The summed E-state index contributed by atoms with van der Waals surface area (Å²) in [5.74, 6) is -1.85. The van der Waals surface area contributed by atoms with Gasteiger partial charge >= 0.3 is 12.4 Å². The lowest BCUT2D eigenvalue weighted by Gasteiger charge is -2.36. The van der Waals surface area contributed by atoms with E-state index in [1.807, 2.05) is 0 Å². The highest BCUT2D eigenvalue weighted by atomic mass is 19.4. The van der Waals surface area contributed by atoms with Gasteiger partial charge in [0.25, 0.3) is 0 Å². The summed E-state index contributed by atoms with van der Waals surface area (Å²) in [7, 11) is 1.42. The minimum Gasteiger partial charge on any atom is -0.340 e. The van der Waals surface area contributed by atoms with E-state index in [-0.39, 0.29) is 37.6 Å². The number of nitrogens with zero attached hydrogens (tertiary/aromatic N) is 2. The monoisotopic (exact) mass is 573 g/mol. The summed E-state index contributed by atoms with van der Waals surface area (Å²) in [6.45, 7) is 2.95. The van der Waals surface area contributed by atoms with Gasteiger partial charge in [-0.15, -0.1) is 0 Å². The maximum absolute atomic E-state index is 13.8. The molecule has 4 rings (SSSR count). The van der Waals surface area contributed by atoms with Gasteiger partial charge in [0.2, 0.25) is 11.8 Å². The fraction of sp³-hybridized carbons (Fsp3) is 0.500. The molecular weight excluding hydrogens is 543 g/mol. The van der Waals surface area contributed by atoms with Crippen LogP contribution < -0.4 is 5.32 Å². The number of benzene rings is 2. The number of likely N-dealkylation sites (N-methyl/N-ethyl adjacent to an activating group) is 1. The number of alkyl halides is 6. The van der Waals surface area contributed by atoms with Gasteiger partial charge in [-0.3, -0.25) is 9.59 Å². The number of halogens is 7. The van der Waals surface area contributed by atoms with Gasteiger partial charge < -0.3 is 15.1 Å². The van der Waals surface area contributed by atoms with E-state index >= 15 is 0 Å². The Hall–Kier alpha value is -3.15. The number of carbonyl (C=O) groups excluding carboxylic acids is 2. The molecule has 1 saturated heterocycles. The van der Waals surface area contributed by atoms with E-state index in [0.717, 1.165) is 12.8 Å². The molecule has 5 nitrogen and oxygen atoms in total. The summed E-state index contributed by atoms with van der Waals surface area (Å²) in [4.78, 5) is 29.6. The molecule has 1 saturated carbocycles. The SMILES string of the molecule is CN(C(=O)C(C)(C)c1cc(C(F)(F)F)cc(C(F)(F)F)c1)[C@@H]1CN(C(=O)CNC2CC2)CC1c1ccc(F)cc1. The summed E-state index contributed by atoms with van der Waals surface area (Å²) in [6, 6.07) is 6.35. The molecule has 1 N–H and O–H groups in total. The van der Waals surface area contributed by atoms with Gasteiger partial charge in [0.05, 0.1) is 29.1 Å². The van der Waals surface area contributed by atoms with Crippen LogP contribution in [0.4, 0.5) is 30.7 Å². The fourth-order valence-corrected chi connectivity index (χ4v) is 5.08. The third-order valence-electron chi connectivity index (χ3n) is 7.72. The maximum Gasteiger partial charge on any atom is 0.416 e. The Balaban J connectivity index is 1.65. The zero-order valence-corrected chi connectivity index (χ0v) is 22.2. The van der Waals surface area contributed by atoms with Crippen molar-refractivity contribution in [2.24, 2.45) is 0 Å². The van der Waals surface area contributed by atoms with E-state index in [4.69, 9.17) is 0 Å². The molecule has 2 fully saturated rings. The van der Waals surface area contributed by atoms with Crippen molar-refractivity contribution in [1.82, 2.24) is 15.1 Å². The van der Waals surface area contributed by atoms with Crippen LogP contribution in [0.3, 0.4) is 0 Å². The van der Waals surface area contributed by atoms with E-state index in [0.29, 0.717) is 17.7 Å². The Morgan fingerprint density at radius 1 is 0.900 bits per heavy atom. The minimum atomic E-state index is -5.06. The zero-order chi connectivity index (χ0) is 29.6. The predicted molar refractivity (Wildman–Crippen MR) is 133 cm³/mol. The Bertz CT molecular complexity index is 1220. The van der Waals surface area contributed by atoms with E-state index in [1.165, 1.54) is 50.1 Å². The van der Waals surface area contributed by atoms with Gasteiger partial charge in [-0.25, -0.2) is 4.39 Å². The molecule has 2 atom stereocenters.